The van der Waals surface area contributed by atoms with Crippen LogP contribution in [0.2, 0.25) is 0 Å². The number of alkyl halides is 3. The Morgan fingerprint density at radius 2 is 0.875 bits per heavy atom. The van der Waals surface area contributed by atoms with Gasteiger partial charge in [0.15, 0.2) is 17.1 Å². The number of nitriles is 3. The minimum atomic E-state index is -4.80. The Morgan fingerprint density at radius 1 is 0.375 bits per heavy atom. The van der Waals surface area contributed by atoms with Crippen LogP contribution < -0.4 is 0 Å². The molecule has 2 aromatic heterocycles. The van der Waals surface area contributed by atoms with Crippen LogP contribution in [0, 0.1) is 53.7 Å². The lowest BCUT2D eigenvalue weighted by atomic mass is 9.92. The number of hydrogen-bond donors (Lipinski definition) is 0. The van der Waals surface area contributed by atoms with Crippen LogP contribution in [0.1, 0.15) is 22.3 Å². The first-order chi connectivity index (χ1) is 35.0. The molecule has 334 valence electrons. The molecule has 0 fully saturated rings. The summed E-state index contributed by atoms with van der Waals surface area (Å²) in [6.45, 7) is 22.9. The van der Waals surface area contributed by atoms with Gasteiger partial charge in [0.2, 0.25) is 0 Å². The summed E-state index contributed by atoms with van der Waals surface area (Å²) >= 11 is 0. The first-order valence-corrected chi connectivity index (χ1v) is 22.2. The molecule has 0 unspecified atom stereocenters. The van der Waals surface area contributed by atoms with E-state index in [1.165, 1.54) is 12.1 Å². The molecule has 0 aliphatic rings. The van der Waals surface area contributed by atoms with E-state index in [2.05, 4.69) is 37.3 Å². The van der Waals surface area contributed by atoms with Gasteiger partial charge in [0.1, 0.15) is 0 Å². The van der Waals surface area contributed by atoms with E-state index in [9.17, 15) is 15.8 Å². The van der Waals surface area contributed by atoms with Gasteiger partial charge in [-0.2, -0.15) is 29.0 Å². The van der Waals surface area contributed by atoms with E-state index in [1.54, 1.807) is 66.7 Å². The van der Waals surface area contributed by atoms with Crippen molar-refractivity contribution in [1.29, 1.82) is 15.8 Å². The van der Waals surface area contributed by atoms with Gasteiger partial charge >= 0.3 is 6.18 Å². The summed E-state index contributed by atoms with van der Waals surface area (Å²) in [5.41, 5.74) is 9.10. The second-order valence-corrected chi connectivity index (χ2v) is 17.1. The quantitative estimate of drug-likeness (QED) is 0.155. The molecule has 0 radical (unpaired) electrons. The zero-order valence-corrected chi connectivity index (χ0v) is 37.5. The third kappa shape index (κ3) is 7.29. The zero-order chi connectivity index (χ0) is 49.8. The molecule has 0 saturated heterocycles. The number of halogens is 3. The smallest absolute Gasteiger partial charge is 0.309 e. The minimum Gasteiger partial charge on any atom is -0.309 e. The fourth-order valence-electron chi connectivity index (χ4n) is 9.85. The van der Waals surface area contributed by atoms with Gasteiger partial charge in [-0.05, 0) is 137 Å². The Bertz CT molecular complexity index is 4350. The van der Waals surface area contributed by atoms with Crippen LogP contribution in [0.3, 0.4) is 0 Å². The summed E-state index contributed by atoms with van der Waals surface area (Å²) in [7, 11) is 0. The van der Waals surface area contributed by atoms with Crippen LogP contribution in [0.5, 0.6) is 0 Å². The van der Waals surface area contributed by atoms with E-state index in [4.69, 9.17) is 19.7 Å². The van der Waals surface area contributed by atoms with Gasteiger partial charge < -0.3 is 9.13 Å². The molecular weight excluding hydrogens is 902 g/mol. The molecule has 9 aromatic carbocycles. The summed E-state index contributed by atoms with van der Waals surface area (Å²) in [5, 5.41) is 33.5. The molecule has 11 rings (SSSR count). The Hall–Kier alpha value is -10.7. The number of aromatic nitrogens is 2. The minimum absolute atomic E-state index is 0.116. The first-order valence-electron chi connectivity index (χ1n) is 22.2. The van der Waals surface area contributed by atoms with E-state index >= 15 is 13.2 Å². The van der Waals surface area contributed by atoms with Crippen molar-refractivity contribution in [1.82, 2.24) is 9.13 Å². The number of para-hydroxylation sites is 2. The van der Waals surface area contributed by atoms with Crippen molar-refractivity contribution < 1.29 is 13.2 Å². The van der Waals surface area contributed by atoms with Gasteiger partial charge in [0.25, 0.3) is 0 Å². The van der Waals surface area contributed by atoms with E-state index in [-0.39, 0.29) is 16.8 Å². The number of fused-ring (bicyclic) bond motifs is 6. The molecule has 0 aliphatic heterocycles. The third-order valence-electron chi connectivity index (χ3n) is 13.0. The monoisotopic (exact) mass is 930 g/mol. The Labute approximate surface area is 409 Å². The highest BCUT2D eigenvalue weighted by Gasteiger charge is 2.34. The lowest BCUT2D eigenvalue weighted by molar-refractivity contribution is -0.137. The predicted molar refractivity (Wildman–Crippen MR) is 275 cm³/mol. The summed E-state index contributed by atoms with van der Waals surface area (Å²) in [5.74, 6) is 0. The average molecular weight is 931 g/mol. The maximum absolute atomic E-state index is 15.0. The second-order valence-electron chi connectivity index (χ2n) is 17.1. The van der Waals surface area contributed by atoms with E-state index < -0.39 is 11.7 Å². The van der Waals surface area contributed by atoms with Crippen LogP contribution in [0.25, 0.3) is 114 Å². The van der Waals surface area contributed by atoms with E-state index in [0.717, 1.165) is 60.8 Å². The lowest BCUT2D eigenvalue weighted by Crippen LogP contribution is -2.07. The van der Waals surface area contributed by atoms with Crippen LogP contribution in [0.4, 0.5) is 30.2 Å². The van der Waals surface area contributed by atoms with Crippen LogP contribution in [-0.2, 0) is 6.18 Å². The number of hydrogen-bond acceptors (Lipinski definition) is 3. The van der Waals surface area contributed by atoms with Gasteiger partial charge in [-0.25, -0.2) is 14.5 Å². The van der Waals surface area contributed by atoms with Gasteiger partial charge in [-0.3, -0.25) is 0 Å². The highest BCUT2D eigenvalue weighted by molar-refractivity contribution is 6.13. The Kier molecular flexibility index (Phi) is 10.4. The van der Waals surface area contributed by atoms with Crippen molar-refractivity contribution in [3.63, 3.8) is 0 Å². The molecule has 72 heavy (non-hydrogen) atoms. The van der Waals surface area contributed by atoms with Gasteiger partial charge in [-0.1, -0.05) is 72.8 Å². The summed E-state index contributed by atoms with van der Waals surface area (Å²) in [6, 6.07) is 58.1. The fraction of sp³-hybridized carbons (Fsp3) is 0.0164. The molecule has 8 nitrogen and oxygen atoms in total. The first kappa shape index (κ1) is 43.9. The van der Waals surface area contributed by atoms with Gasteiger partial charge in [0, 0.05) is 43.8 Å². The van der Waals surface area contributed by atoms with Crippen LogP contribution >= 0.6 is 0 Å². The Balaban J connectivity index is 1.22. The molecule has 0 bridgehead atoms. The number of nitrogens with zero attached hydrogens (tertiary/aromatic N) is 8. The molecule has 0 amide bonds. The molecule has 0 N–H and O–H groups in total. The van der Waals surface area contributed by atoms with Gasteiger partial charge in [-0.15, -0.1) is 0 Å². The summed E-state index contributed by atoms with van der Waals surface area (Å²) in [6.07, 6.45) is -4.80. The zero-order valence-electron chi connectivity index (χ0n) is 37.5. The Morgan fingerprint density at radius 3 is 1.40 bits per heavy atom. The molecule has 11 heteroatoms. The SMILES string of the molecule is [C-]#[N+]c1cc(C#N)cc(-c2ccc3c(c2)c2ccccc2n3-c2ccc(-c3ccc([N+]#[C-])cc3C(F)(F)F)cc2-c2ccc(C#N)cc2-n2c3ccccc3c3cc(-c4cc(C#N)cc([N+]#[C-])c4)ccc32)c1. The lowest BCUT2D eigenvalue weighted by Gasteiger charge is -2.21. The predicted octanol–water partition coefficient (Wildman–Crippen LogP) is 16.8. The standard InChI is InChI=1S/C61H29F3N8/c1-68-44-16-18-47(54(32-44)61(62,63)64)41-15-21-58(71-55-10-6-4-8-48(55)51-29-39(13-19-57(51)71)42-22-37(34-66)24-45(27-42)69-2)53(31-41)50-17-12-36(33-65)26-60(50)72-56-11-7-5-9-49(56)52-30-40(14-20-59(52)72)43-23-38(35-67)25-46(28-43)70-3/h4-32H. The van der Waals surface area contributed by atoms with Crippen molar-refractivity contribution in [2.45, 2.75) is 6.18 Å². The summed E-state index contributed by atoms with van der Waals surface area (Å²) < 4.78 is 49.2. The normalized spacial score (nSPS) is 11.2. The largest absolute Gasteiger partial charge is 0.415 e. The second kappa shape index (κ2) is 17.1. The molecule has 0 saturated carbocycles. The maximum Gasteiger partial charge on any atom is 0.415 e. The molecule has 2 heterocycles. The van der Waals surface area contributed by atoms with Crippen molar-refractivity contribution in [3.8, 4) is 74.1 Å². The van der Waals surface area contributed by atoms with Crippen LogP contribution in [-0.4, -0.2) is 9.13 Å². The highest BCUT2D eigenvalue weighted by Crippen LogP contribution is 2.46. The number of rotatable bonds is 6. The van der Waals surface area contributed by atoms with Crippen LogP contribution in [0.15, 0.2) is 176 Å². The number of benzene rings is 9. The summed E-state index contributed by atoms with van der Waals surface area (Å²) in [4.78, 5) is 10.5. The van der Waals surface area contributed by atoms with Crippen molar-refractivity contribution in [3.05, 3.63) is 232 Å². The van der Waals surface area contributed by atoms with Gasteiger partial charge in [0.05, 0.1) is 82.5 Å². The maximum atomic E-state index is 15.0. The van der Waals surface area contributed by atoms with Crippen molar-refractivity contribution in [2.75, 3.05) is 0 Å². The molecule has 0 atom stereocenters. The molecule has 0 spiro atoms. The molecular formula is C61H29F3N8. The van der Waals surface area contributed by atoms with Crippen molar-refractivity contribution >= 4 is 60.7 Å². The topological polar surface area (TPSA) is 94.3 Å². The highest BCUT2D eigenvalue weighted by atomic mass is 19.4. The fourth-order valence-corrected chi connectivity index (χ4v) is 9.85. The molecule has 11 aromatic rings. The van der Waals surface area contributed by atoms with E-state index in [0.29, 0.717) is 61.7 Å². The average Bonchev–Trinajstić information content (AvgIpc) is 3.93. The molecule has 0 aliphatic carbocycles. The third-order valence-corrected chi connectivity index (χ3v) is 13.0. The van der Waals surface area contributed by atoms with E-state index in [1.807, 2.05) is 95.6 Å². The van der Waals surface area contributed by atoms with Crippen molar-refractivity contribution in [2.24, 2.45) is 0 Å².